The van der Waals surface area contributed by atoms with Crippen molar-refractivity contribution in [3.63, 3.8) is 0 Å². The van der Waals surface area contributed by atoms with Gasteiger partial charge < -0.3 is 14.8 Å². The van der Waals surface area contributed by atoms with E-state index in [0.29, 0.717) is 6.04 Å². The predicted molar refractivity (Wildman–Crippen MR) is 69.3 cm³/mol. The topological polar surface area (TPSA) is 30.5 Å². The molecule has 1 heterocycles. The van der Waals surface area contributed by atoms with E-state index in [1.54, 1.807) is 0 Å². The molecule has 0 bridgehead atoms. The highest BCUT2D eigenvalue weighted by atomic mass is 16.5. The summed E-state index contributed by atoms with van der Waals surface area (Å²) in [6.45, 7) is 6.34. The van der Waals surface area contributed by atoms with Gasteiger partial charge in [0.25, 0.3) is 0 Å². The molecule has 0 radical (unpaired) electrons. The van der Waals surface area contributed by atoms with Crippen molar-refractivity contribution in [1.82, 2.24) is 5.32 Å². The van der Waals surface area contributed by atoms with E-state index >= 15 is 0 Å². The zero-order chi connectivity index (χ0) is 12.4. The third kappa shape index (κ3) is 3.01. The molecule has 2 aliphatic rings. The molecule has 0 spiro atoms. The second-order valence-corrected chi connectivity index (χ2v) is 5.96. The maximum absolute atomic E-state index is 5.87. The first-order chi connectivity index (χ1) is 8.11. The minimum absolute atomic E-state index is 0.0791. The quantitative estimate of drug-likeness (QED) is 0.802. The third-order valence-corrected chi connectivity index (χ3v) is 4.75. The van der Waals surface area contributed by atoms with Gasteiger partial charge in [0, 0.05) is 26.3 Å². The second-order valence-electron chi connectivity index (χ2n) is 5.96. The average molecular weight is 241 g/mol. The van der Waals surface area contributed by atoms with E-state index in [2.05, 4.69) is 19.2 Å². The minimum atomic E-state index is 0.0791. The largest absolute Gasteiger partial charge is 0.377 e. The molecule has 1 saturated carbocycles. The highest BCUT2D eigenvalue weighted by molar-refractivity contribution is 4.94. The maximum atomic E-state index is 5.87. The molecule has 1 saturated heterocycles. The first kappa shape index (κ1) is 13.3. The maximum Gasteiger partial charge on any atom is 0.0802 e. The second kappa shape index (κ2) is 5.25. The Morgan fingerprint density at radius 1 is 1.41 bits per heavy atom. The van der Waals surface area contributed by atoms with Crippen LogP contribution in [-0.2, 0) is 9.47 Å². The summed E-state index contributed by atoms with van der Waals surface area (Å²) in [6, 6.07) is 0.598. The molecular weight excluding hydrogens is 214 g/mol. The Bertz CT molecular complexity index is 247. The van der Waals surface area contributed by atoms with Crippen LogP contribution in [0.2, 0.25) is 0 Å². The normalized spacial score (nSPS) is 36.5. The van der Waals surface area contributed by atoms with Gasteiger partial charge in [-0.2, -0.15) is 0 Å². The van der Waals surface area contributed by atoms with E-state index < -0.39 is 0 Å². The summed E-state index contributed by atoms with van der Waals surface area (Å²) in [5, 5.41) is 3.70. The van der Waals surface area contributed by atoms with Gasteiger partial charge in [-0.3, -0.25) is 0 Å². The Labute approximate surface area is 105 Å². The van der Waals surface area contributed by atoms with Gasteiger partial charge in [0.15, 0.2) is 0 Å². The number of rotatable bonds is 5. The molecule has 3 heteroatoms. The van der Waals surface area contributed by atoms with Crippen LogP contribution in [0, 0.1) is 0 Å². The first-order valence-electron chi connectivity index (χ1n) is 7.04. The zero-order valence-corrected chi connectivity index (χ0v) is 11.6. The number of ether oxygens (including phenoxy) is 2. The smallest absolute Gasteiger partial charge is 0.0802 e. The lowest BCUT2D eigenvalue weighted by atomic mass is 9.79. The molecule has 2 fully saturated rings. The number of hydrogen-bond acceptors (Lipinski definition) is 3. The fourth-order valence-corrected chi connectivity index (χ4v) is 2.90. The van der Waals surface area contributed by atoms with Crippen molar-refractivity contribution in [2.24, 2.45) is 0 Å². The molecule has 0 aromatic carbocycles. The molecule has 0 amide bonds. The van der Waals surface area contributed by atoms with Crippen molar-refractivity contribution in [2.45, 2.75) is 69.6 Å². The standard InChI is InChI=1S/C14H27NO2/c1-4-13(2)10-12(6-9-17-13)15-11-14(16-3)7-5-8-14/h12,15H,4-11H2,1-3H3. The van der Waals surface area contributed by atoms with Gasteiger partial charge in [-0.1, -0.05) is 6.92 Å². The average Bonchev–Trinajstić information content (AvgIpc) is 2.29. The van der Waals surface area contributed by atoms with Crippen molar-refractivity contribution in [3.8, 4) is 0 Å². The Morgan fingerprint density at radius 3 is 2.71 bits per heavy atom. The van der Waals surface area contributed by atoms with Gasteiger partial charge in [-0.25, -0.2) is 0 Å². The van der Waals surface area contributed by atoms with Crippen LogP contribution in [0.3, 0.4) is 0 Å². The van der Waals surface area contributed by atoms with E-state index in [0.717, 1.165) is 32.4 Å². The lowest BCUT2D eigenvalue weighted by Crippen LogP contribution is -2.53. The Morgan fingerprint density at radius 2 is 2.18 bits per heavy atom. The monoisotopic (exact) mass is 241 g/mol. The molecule has 1 aliphatic carbocycles. The van der Waals surface area contributed by atoms with Gasteiger partial charge >= 0.3 is 0 Å². The van der Waals surface area contributed by atoms with Gasteiger partial charge in [0.2, 0.25) is 0 Å². The van der Waals surface area contributed by atoms with Gasteiger partial charge in [-0.05, 0) is 45.4 Å². The number of hydrogen-bond donors (Lipinski definition) is 1. The molecule has 1 aliphatic heterocycles. The van der Waals surface area contributed by atoms with Crippen molar-refractivity contribution >= 4 is 0 Å². The van der Waals surface area contributed by atoms with E-state index in [9.17, 15) is 0 Å². The van der Waals surface area contributed by atoms with Crippen LogP contribution in [0.5, 0.6) is 0 Å². The fourth-order valence-electron chi connectivity index (χ4n) is 2.90. The first-order valence-corrected chi connectivity index (χ1v) is 7.04. The summed E-state index contributed by atoms with van der Waals surface area (Å²) in [5.74, 6) is 0. The molecule has 17 heavy (non-hydrogen) atoms. The highest BCUT2D eigenvalue weighted by Gasteiger charge is 2.38. The Hall–Kier alpha value is -0.120. The van der Waals surface area contributed by atoms with Crippen LogP contribution in [0.25, 0.3) is 0 Å². The lowest BCUT2D eigenvalue weighted by molar-refractivity contribution is -0.0926. The SMILES string of the molecule is CCC1(C)CC(NCC2(OC)CCC2)CCO1. The highest BCUT2D eigenvalue weighted by Crippen LogP contribution is 2.35. The summed E-state index contributed by atoms with van der Waals surface area (Å²) >= 11 is 0. The van der Waals surface area contributed by atoms with Gasteiger partial charge in [0.1, 0.15) is 0 Å². The Kier molecular flexibility index (Phi) is 4.11. The van der Waals surface area contributed by atoms with E-state index in [1.165, 1.54) is 19.3 Å². The third-order valence-electron chi connectivity index (χ3n) is 4.75. The van der Waals surface area contributed by atoms with Crippen molar-refractivity contribution < 1.29 is 9.47 Å². The summed E-state index contributed by atoms with van der Waals surface area (Å²) in [7, 11) is 1.85. The fraction of sp³-hybridized carbons (Fsp3) is 1.00. The van der Waals surface area contributed by atoms with E-state index in [4.69, 9.17) is 9.47 Å². The summed E-state index contributed by atoms with van der Waals surface area (Å²) < 4.78 is 11.5. The Balaban J connectivity index is 1.79. The predicted octanol–water partition coefficient (Wildman–Crippen LogP) is 2.49. The van der Waals surface area contributed by atoms with E-state index in [-0.39, 0.29) is 11.2 Å². The van der Waals surface area contributed by atoms with Crippen molar-refractivity contribution in [2.75, 3.05) is 20.3 Å². The summed E-state index contributed by atoms with van der Waals surface area (Å²) in [6.07, 6.45) is 7.10. The molecular formula is C14H27NO2. The van der Waals surface area contributed by atoms with Crippen LogP contribution >= 0.6 is 0 Å². The van der Waals surface area contributed by atoms with E-state index in [1.807, 2.05) is 7.11 Å². The number of methoxy groups -OCH3 is 1. The number of nitrogens with one attached hydrogen (secondary N) is 1. The van der Waals surface area contributed by atoms with Crippen LogP contribution in [0.1, 0.15) is 52.4 Å². The minimum Gasteiger partial charge on any atom is -0.377 e. The molecule has 2 atom stereocenters. The van der Waals surface area contributed by atoms with Crippen molar-refractivity contribution in [1.29, 1.82) is 0 Å². The van der Waals surface area contributed by atoms with Gasteiger partial charge in [0.05, 0.1) is 11.2 Å². The van der Waals surface area contributed by atoms with Crippen LogP contribution in [0.4, 0.5) is 0 Å². The molecule has 2 unspecified atom stereocenters. The summed E-state index contributed by atoms with van der Waals surface area (Å²) in [4.78, 5) is 0. The molecule has 0 aromatic heterocycles. The molecule has 1 N–H and O–H groups in total. The zero-order valence-electron chi connectivity index (χ0n) is 11.6. The molecule has 0 aromatic rings. The van der Waals surface area contributed by atoms with Crippen LogP contribution in [0.15, 0.2) is 0 Å². The molecule has 100 valence electrons. The van der Waals surface area contributed by atoms with Crippen LogP contribution in [-0.4, -0.2) is 37.5 Å². The van der Waals surface area contributed by atoms with Gasteiger partial charge in [-0.15, -0.1) is 0 Å². The summed E-state index contributed by atoms with van der Waals surface area (Å²) in [5.41, 5.74) is 0.219. The molecule has 2 rings (SSSR count). The lowest BCUT2D eigenvalue weighted by Gasteiger charge is -2.43. The molecule has 3 nitrogen and oxygen atoms in total. The van der Waals surface area contributed by atoms with Crippen LogP contribution < -0.4 is 5.32 Å². The van der Waals surface area contributed by atoms with Crippen molar-refractivity contribution in [3.05, 3.63) is 0 Å².